The summed E-state index contributed by atoms with van der Waals surface area (Å²) >= 11 is 5.63. The van der Waals surface area contributed by atoms with Crippen LogP contribution in [0.15, 0.2) is 18.3 Å². The zero-order valence-corrected chi connectivity index (χ0v) is 10.7. The van der Waals surface area contributed by atoms with Gasteiger partial charge in [-0.25, -0.2) is 13.4 Å². The highest BCUT2D eigenvalue weighted by Gasteiger charge is 2.27. The molecule has 5 nitrogen and oxygen atoms in total. The monoisotopic (exact) mass is 276 g/mol. The van der Waals surface area contributed by atoms with E-state index in [4.69, 9.17) is 16.3 Å². The average molecular weight is 277 g/mol. The fourth-order valence-corrected chi connectivity index (χ4v) is 3.21. The van der Waals surface area contributed by atoms with Gasteiger partial charge >= 0.3 is 0 Å². The zero-order chi connectivity index (χ0) is 12.3. The number of halogens is 1. The minimum atomic E-state index is -3.36. The third-order valence-electron chi connectivity index (χ3n) is 2.59. The fraction of sp³-hybridized carbons (Fsp3) is 0.500. The van der Waals surface area contributed by atoms with Gasteiger partial charge in [0.1, 0.15) is 5.15 Å². The average Bonchev–Trinajstić information content (AvgIpc) is 2.33. The van der Waals surface area contributed by atoms with Crippen molar-refractivity contribution in [3.63, 3.8) is 0 Å². The molecule has 1 aromatic heterocycles. The molecule has 1 fully saturated rings. The van der Waals surface area contributed by atoms with Gasteiger partial charge in [-0.15, -0.1) is 0 Å². The number of hydrogen-bond acceptors (Lipinski definition) is 4. The summed E-state index contributed by atoms with van der Waals surface area (Å²) in [6.07, 6.45) is 2.45. The van der Waals surface area contributed by atoms with Gasteiger partial charge in [-0.1, -0.05) is 11.6 Å². The van der Waals surface area contributed by atoms with E-state index in [9.17, 15) is 8.42 Å². The minimum Gasteiger partial charge on any atom is -0.381 e. The smallest absolute Gasteiger partial charge is 0.235 e. The van der Waals surface area contributed by atoms with Crippen LogP contribution in [0.25, 0.3) is 0 Å². The highest BCUT2D eigenvalue weighted by atomic mass is 35.5. The van der Waals surface area contributed by atoms with Crippen LogP contribution in [0.3, 0.4) is 0 Å². The molecule has 1 saturated heterocycles. The van der Waals surface area contributed by atoms with Gasteiger partial charge in [0.05, 0.1) is 17.1 Å². The summed E-state index contributed by atoms with van der Waals surface area (Å²) in [4.78, 5) is 3.82. The van der Waals surface area contributed by atoms with Gasteiger partial charge in [0.2, 0.25) is 10.0 Å². The number of aromatic nitrogens is 1. The molecule has 1 aliphatic heterocycles. The van der Waals surface area contributed by atoms with Gasteiger partial charge in [0, 0.05) is 13.2 Å². The van der Waals surface area contributed by atoms with Gasteiger partial charge in [0.15, 0.2) is 0 Å². The first-order chi connectivity index (χ1) is 8.08. The third kappa shape index (κ3) is 3.31. The number of nitrogens with zero attached hydrogens (tertiary/aromatic N) is 1. The Bertz CT molecular complexity index is 469. The Morgan fingerprint density at radius 3 is 2.65 bits per heavy atom. The van der Waals surface area contributed by atoms with E-state index in [1.807, 2.05) is 0 Å². The molecule has 0 amide bonds. The van der Waals surface area contributed by atoms with E-state index in [0.717, 1.165) is 0 Å². The Morgan fingerprint density at radius 2 is 2.06 bits per heavy atom. The predicted molar refractivity (Wildman–Crippen MR) is 65.6 cm³/mol. The van der Waals surface area contributed by atoms with Crippen molar-refractivity contribution in [1.29, 1.82) is 0 Å². The molecule has 0 spiro atoms. The normalized spacial score (nSPS) is 17.9. The highest BCUT2D eigenvalue weighted by molar-refractivity contribution is 7.93. The molecule has 0 unspecified atom stereocenters. The SMILES string of the molecule is O=S(=O)(Nc1ccc(Cl)nc1)C1CCOCC1. The molecule has 0 bridgehead atoms. The lowest BCUT2D eigenvalue weighted by Crippen LogP contribution is -2.33. The van der Waals surface area contributed by atoms with Crippen LogP contribution >= 0.6 is 11.6 Å². The molecule has 2 heterocycles. The quantitative estimate of drug-likeness (QED) is 0.853. The first kappa shape index (κ1) is 12.6. The first-order valence-electron chi connectivity index (χ1n) is 5.29. The molecule has 0 radical (unpaired) electrons. The molecule has 94 valence electrons. The van der Waals surface area contributed by atoms with Crippen LogP contribution in [0.2, 0.25) is 5.15 Å². The lowest BCUT2D eigenvalue weighted by atomic mass is 10.2. The van der Waals surface area contributed by atoms with E-state index in [0.29, 0.717) is 36.9 Å². The minimum absolute atomic E-state index is 0.332. The zero-order valence-electron chi connectivity index (χ0n) is 9.10. The second-order valence-corrected chi connectivity index (χ2v) is 6.18. The van der Waals surface area contributed by atoms with Crippen molar-refractivity contribution in [2.45, 2.75) is 18.1 Å². The number of pyridine rings is 1. The lowest BCUT2D eigenvalue weighted by Gasteiger charge is -2.22. The van der Waals surface area contributed by atoms with Crippen molar-refractivity contribution < 1.29 is 13.2 Å². The van der Waals surface area contributed by atoms with Gasteiger partial charge < -0.3 is 4.74 Å². The largest absolute Gasteiger partial charge is 0.381 e. The molecule has 0 atom stereocenters. The van der Waals surface area contributed by atoms with E-state index in [2.05, 4.69) is 9.71 Å². The number of ether oxygens (including phenoxy) is 1. The lowest BCUT2D eigenvalue weighted by molar-refractivity contribution is 0.0984. The second-order valence-electron chi connectivity index (χ2n) is 3.83. The van der Waals surface area contributed by atoms with Crippen LogP contribution in [-0.4, -0.2) is 31.9 Å². The second kappa shape index (κ2) is 5.20. The molecule has 2 rings (SSSR count). The molecule has 17 heavy (non-hydrogen) atoms. The maximum Gasteiger partial charge on any atom is 0.235 e. The summed E-state index contributed by atoms with van der Waals surface area (Å²) < 4.78 is 31.7. The van der Waals surface area contributed by atoms with Crippen molar-refractivity contribution in [3.05, 3.63) is 23.5 Å². The molecule has 0 saturated carbocycles. The molecule has 1 aliphatic rings. The Labute approximate surface area is 105 Å². The Kier molecular flexibility index (Phi) is 3.86. The molecule has 1 aromatic rings. The number of rotatable bonds is 3. The van der Waals surface area contributed by atoms with Gasteiger partial charge in [-0.3, -0.25) is 4.72 Å². The summed E-state index contributed by atoms with van der Waals surface area (Å²) in [6.45, 7) is 0.981. The molecular weight excluding hydrogens is 264 g/mol. The van der Waals surface area contributed by atoms with E-state index in [-0.39, 0.29) is 0 Å². The van der Waals surface area contributed by atoms with Crippen LogP contribution in [-0.2, 0) is 14.8 Å². The molecular formula is C10H13ClN2O3S. The van der Waals surface area contributed by atoms with Crippen molar-refractivity contribution in [2.75, 3.05) is 17.9 Å². The molecule has 7 heteroatoms. The summed E-state index contributed by atoms with van der Waals surface area (Å²) in [5.41, 5.74) is 0.431. The summed E-state index contributed by atoms with van der Waals surface area (Å²) in [5.74, 6) is 0. The van der Waals surface area contributed by atoms with Crippen molar-refractivity contribution in [1.82, 2.24) is 4.98 Å². The van der Waals surface area contributed by atoms with Crippen LogP contribution in [0.5, 0.6) is 0 Å². The number of nitrogens with one attached hydrogen (secondary N) is 1. The topological polar surface area (TPSA) is 68.3 Å². The van der Waals surface area contributed by atoms with Crippen LogP contribution < -0.4 is 4.72 Å². The first-order valence-corrected chi connectivity index (χ1v) is 7.21. The number of hydrogen-bond donors (Lipinski definition) is 1. The highest BCUT2D eigenvalue weighted by Crippen LogP contribution is 2.19. The summed E-state index contributed by atoms with van der Waals surface area (Å²) in [7, 11) is -3.36. The third-order valence-corrected chi connectivity index (χ3v) is 4.69. The number of sulfonamides is 1. The van der Waals surface area contributed by atoms with E-state index in [1.54, 1.807) is 12.1 Å². The van der Waals surface area contributed by atoms with E-state index < -0.39 is 15.3 Å². The van der Waals surface area contributed by atoms with Gasteiger partial charge in [-0.05, 0) is 25.0 Å². The van der Waals surface area contributed by atoms with Crippen molar-refractivity contribution in [3.8, 4) is 0 Å². The standard InChI is InChI=1S/C10H13ClN2O3S/c11-10-2-1-8(7-12-10)13-17(14,15)9-3-5-16-6-4-9/h1-2,7,9,13H,3-6H2. The van der Waals surface area contributed by atoms with Crippen LogP contribution in [0.4, 0.5) is 5.69 Å². The number of anilines is 1. The molecule has 1 N–H and O–H groups in total. The summed E-state index contributed by atoms with van der Waals surface area (Å²) in [5, 5.41) is -0.0639. The van der Waals surface area contributed by atoms with E-state index >= 15 is 0 Å². The van der Waals surface area contributed by atoms with Crippen LogP contribution in [0.1, 0.15) is 12.8 Å². The van der Waals surface area contributed by atoms with Crippen molar-refractivity contribution >= 4 is 27.3 Å². The Balaban J connectivity index is 2.08. The van der Waals surface area contributed by atoms with Crippen LogP contribution in [0, 0.1) is 0 Å². The molecule has 0 aliphatic carbocycles. The maximum absolute atomic E-state index is 12.0. The molecule has 0 aromatic carbocycles. The van der Waals surface area contributed by atoms with Gasteiger partial charge in [0.25, 0.3) is 0 Å². The van der Waals surface area contributed by atoms with Gasteiger partial charge in [-0.2, -0.15) is 0 Å². The fourth-order valence-electron chi connectivity index (χ4n) is 1.67. The Morgan fingerprint density at radius 1 is 1.35 bits per heavy atom. The maximum atomic E-state index is 12.0. The van der Waals surface area contributed by atoms with Crippen molar-refractivity contribution in [2.24, 2.45) is 0 Å². The predicted octanol–water partition coefficient (Wildman–Crippen LogP) is 1.66. The summed E-state index contributed by atoms with van der Waals surface area (Å²) in [6, 6.07) is 3.13. The Hall–Kier alpha value is -0.850. The van der Waals surface area contributed by atoms with E-state index in [1.165, 1.54) is 6.20 Å².